The van der Waals surface area contributed by atoms with Crippen LogP contribution in [-0.2, 0) is 4.74 Å². The molecule has 0 saturated heterocycles. The minimum atomic E-state index is -0.558. The van der Waals surface area contributed by atoms with Crippen LogP contribution in [0.15, 0.2) is 106 Å². The zero-order valence-corrected chi connectivity index (χ0v) is 15.2. The molecule has 0 unspecified atom stereocenters. The van der Waals surface area contributed by atoms with Gasteiger partial charge in [0.05, 0.1) is 24.1 Å². The van der Waals surface area contributed by atoms with Crippen LogP contribution in [0.3, 0.4) is 0 Å². The minimum Gasteiger partial charge on any atom is -0.465 e. The van der Waals surface area contributed by atoms with Gasteiger partial charge in [0, 0.05) is 5.39 Å². The van der Waals surface area contributed by atoms with Gasteiger partial charge >= 0.3 is 5.97 Å². The number of hydrogen-bond acceptors (Lipinski definition) is 7. The molecule has 0 fully saturated rings. The Kier molecular flexibility index (Phi) is 8.97. The average Bonchev–Trinajstić information content (AvgIpc) is 2.72. The van der Waals surface area contributed by atoms with Crippen molar-refractivity contribution in [2.45, 2.75) is 0 Å². The average molecular weight is 377 g/mol. The Labute approximate surface area is 161 Å². The summed E-state index contributed by atoms with van der Waals surface area (Å²) in [5.74, 6) is -0.558. The highest BCUT2D eigenvalue weighted by Gasteiger charge is 2.01. The van der Waals surface area contributed by atoms with Crippen LogP contribution in [0.5, 0.6) is 0 Å². The number of carbonyl (C=O) groups excluding carboxylic acids is 1. The van der Waals surface area contributed by atoms with Gasteiger partial charge in [-0.15, -0.1) is 9.78 Å². The highest BCUT2D eigenvalue weighted by atomic mass is 17.0. The second-order valence-corrected chi connectivity index (χ2v) is 5.12. The van der Waals surface area contributed by atoms with E-state index in [0.29, 0.717) is 5.58 Å². The quantitative estimate of drug-likeness (QED) is 0.534. The third-order valence-corrected chi connectivity index (χ3v) is 3.23. The van der Waals surface area contributed by atoms with E-state index in [1.54, 1.807) is 24.3 Å². The molecule has 0 bridgehead atoms. The summed E-state index contributed by atoms with van der Waals surface area (Å²) in [5, 5.41) is 11.2. The number of benzene rings is 1. The van der Waals surface area contributed by atoms with Crippen LogP contribution >= 0.6 is 0 Å². The number of hydrogen-bond donors (Lipinski definition) is 0. The summed E-state index contributed by atoms with van der Waals surface area (Å²) in [6.45, 7) is 0. The Bertz CT molecular complexity index is 1010. The molecule has 0 amide bonds. The topological polar surface area (TPSA) is 91.2 Å². The smallest absolute Gasteiger partial charge is 0.339 e. The largest absolute Gasteiger partial charge is 0.465 e. The molecule has 0 atom stereocenters. The fourth-order valence-corrected chi connectivity index (χ4v) is 1.92. The van der Waals surface area contributed by atoms with Gasteiger partial charge in [-0.1, -0.05) is 78.9 Å². The van der Waals surface area contributed by atoms with Crippen molar-refractivity contribution in [3.63, 3.8) is 0 Å². The Hall–Kier alpha value is -4.00. The number of ether oxygens (including phenoxy) is 1. The van der Waals surface area contributed by atoms with E-state index >= 15 is 0 Å². The molecule has 0 spiro atoms. The first-order valence-corrected chi connectivity index (χ1v) is 8.30. The molecule has 0 aliphatic carbocycles. The maximum absolute atomic E-state index is 11.7. The Morgan fingerprint density at radius 3 is 2.07 bits per heavy atom. The monoisotopic (exact) mass is 377 g/mol. The van der Waals surface area contributed by atoms with Crippen LogP contribution in [0.1, 0.15) is 10.4 Å². The van der Waals surface area contributed by atoms with Crippen LogP contribution in [0.2, 0.25) is 0 Å². The van der Waals surface area contributed by atoms with Gasteiger partial charge in [-0.3, -0.25) is 4.58 Å². The molecule has 0 radical (unpaired) electrons. The SMILES string of the molecule is COC(=O)c1cccccccccccc2ccccc2oonnnc1. The molecule has 1 aromatic heterocycles. The van der Waals surface area contributed by atoms with Crippen LogP contribution < -0.4 is 0 Å². The van der Waals surface area contributed by atoms with Gasteiger partial charge < -0.3 is 4.74 Å². The predicted molar refractivity (Wildman–Crippen MR) is 104 cm³/mol. The number of fused-ring (bicyclic) bond motifs is 1. The molecular weight excluding hydrogens is 358 g/mol. The molecular formula is C21H19N3O4. The summed E-state index contributed by atoms with van der Waals surface area (Å²) in [4.78, 5) is 11.7. The summed E-state index contributed by atoms with van der Waals surface area (Å²) < 4.78 is 14.5. The van der Waals surface area contributed by atoms with E-state index in [4.69, 9.17) is 4.58 Å². The normalized spacial score (nSPS) is 9.04. The van der Waals surface area contributed by atoms with Crippen molar-refractivity contribution in [2.75, 3.05) is 7.11 Å². The van der Waals surface area contributed by atoms with E-state index in [2.05, 4.69) is 25.0 Å². The summed E-state index contributed by atoms with van der Waals surface area (Å²) in [6, 6.07) is 27.2. The van der Waals surface area contributed by atoms with Crippen molar-refractivity contribution in [3.05, 3.63) is 103 Å². The van der Waals surface area contributed by atoms with E-state index in [1.807, 2.05) is 60.7 Å². The Morgan fingerprint density at radius 1 is 0.821 bits per heavy atom. The summed E-state index contributed by atoms with van der Waals surface area (Å²) in [6.07, 6.45) is 1.20. The van der Waals surface area contributed by atoms with Crippen molar-refractivity contribution < 1.29 is 18.8 Å². The summed E-state index contributed by atoms with van der Waals surface area (Å²) in [7, 11) is 1.28. The van der Waals surface area contributed by atoms with E-state index in [-0.39, 0.29) is 5.56 Å². The van der Waals surface area contributed by atoms with E-state index in [9.17, 15) is 4.79 Å². The molecule has 0 N–H and O–H groups in total. The van der Waals surface area contributed by atoms with Crippen molar-refractivity contribution in [2.24, 2.45) is 0 Å². The first-order valence-electron chi connectivity index (χ1n) is 8.30. The third kappa shape index (κ3) is 7.49. The van der Waals surface area contributed by atoms with Gasteiger partial charge in [-0.05, 0) is 17.3 Å². The lowest BCUT2D eigenvalue weighted by Crippen LogP contribution is -2.00. The van der Waals surface area contributed by atoms with Gasteiger partial charge in [-0.2, -0.15) is 0 Å². The lowest BCUT2D eigenvalue weighted by molar-refractivity contribution is -0.00550. The van der Waals surface area contributed by atoms with Crippen molar-refractivity contribution in [1.29, 1.82) is 0 Å². The zero-order chi connectivity index (χ0) is 19.9. The van der Waals surface area contributed by atoms with Crippen LogP contribution in [-0.4, -0.2) is 28.7 Å². The lowest BCUT2D eigenvalue weighted by Gasteiger charge is -1.92. The van der Waals surface area contributed by atoms with Crippen LogP contribution in [0.25, 0.3) is 11.0 Å². The highest BCUT2D eigenvalue weighted by molar-refractivity contribution is 5.88. The number of carbonyl (C=O) groups is 1. The summed E-state index contributed by atoms with van der Waals surface area (Å²) in [5.41, 5.74) is 0.652. The molecule has 0 saturated carbocycles. The first kappa shape index (κ1) is 20.3. The molecule has 2 aromatic rings. The van der Waals surface area contributed by atoms with E-state index < -0.39 is 5.97 Å². The summed E-state index contributed by atoms with van der Waals surface area (Å²) >= 11 is 0. The molecule has 7 nitrogen and oxygen atoms in total. The molecule has 2 rings (SSSR count). The Balaban J connectivity index is 2.57. The van der Waals surface area contributed by atoms with Gasteiger partial charge in [0.15, 0.2) is 5.58 Å². The molecule has 7 heteroatoms. The van der Waals surface area contributed by atoms with Crippen molar-refractivity contribution in [3.8, 4) is 0 Å². The second kappa shape index (κ2) is 12.4. The maximum atomic E-state index is 11.7. The number of rotatable bonds is 1. The molecule has 1 heterocycles. The molecule has 0 aliphatic heterocycles. The van der Waals surface area contributed by atoms with Gasteiger partial charge in [0.25, 0.3) is 0 Å². The highest BCUT2D eigenvalue weighted by Crippen LogP contribution is 2.08. The molecule has 1 aromatic carbocycles. The van der Waals surface area contributed by atoms with Gasteiger partial charge in [0.1, 0.15) is 0 Å². The Morgan fingerprint density at radius 2 is 1.39 bits per heavy atom. The van der Waals surface area contributed by atoms with E-state index in [0.717, 1.165) is 5.39 Å². The number of para-hydroxylation sites is 1. The standard InChI is InChI=1S/C21H19N3O4/c1-26-21(25)19-15-10-8-6-4-2-3-5-7-9-13-18-14-11-12-16-20(18)27-28-24-23-22-17-19/h2-17H,1H3. The number of aromatic nitrogens is 3. The second-order valence-electron chi connectivity index (χ2n) is 5.12. The number of nitrogens with zero attached hydrogens (tertiary/aromatic N) is 3. The number of esters is 1. The van der Waals surface area contributed by atoms with Crippen LogP contribution in [0, 0.1) is 0 Å². The fourth-order valence-electron chi connectivity index (χ4n) is 1.92. The third-order valence-electron chi connectivity index (χ3n) is 3.23. The van der Waals surface area contributed by atoms with Gasteiger partial charge in [-0.25, -0.2) is 4.79 Å². The van der Waals surface area contributed by atoms with E-state index in [1.165, 1.54) is 19.4 Å². The van der Waals surface area contributed by atoms with Crippen molar-refractivity contribution >= 4 is 16.9 Å². The lowest BCUT2D eigenvalue weighted by atomic mass is 10.2. The molecule has 142 valence electrons. The predicted octanol–water partition coefficient (Wildman–Crippen LogP) is 4.50. The zero-order valence-electron chi connectivity index (χ0n) is 15.2. The van der Waals surface area contributed by atoms with Gasteiger partial charge in [0.2, 0.25) is 0 Å². The number of methoxy groups -OCH3 is 1. The molecule has 28 heavy (non-hydrogen) atoms. The molecule has 0 aliphatic rings. The minimum absolute atomic E-state index is 0.190. The fraction of sp³-hybridized carbons (Fsp3) is 0.0476. The first-order chi connectivity index (χ1) is 13.8. The maximum Gasteiger partial charge on any atom is 0.339 e. The van der Waals surface area contributed by atoms with Crippen LogP contribution in [0.4, 0.5) is 0 Å². The van der Waals surface area contributed by atoms with Crippen molar-refractivity contribution in [1.82, 2.24) is 15.6 Å².